The van der Waals surface area contributed by atoms with Gasteiger partial charge in [0.1, 0.15) is 5.82 Å². The van der Waals surface area contributed by atoms with E-state index >= 15 is 0 Å². The second-order valence-electron chi connectivity index (χ2n) is 6.13. The predicted octanol–water partition coefficient (Wildman–Crippen LogP) is 3.61. The molecule has 0 saturated carbocycles. The van der Waals surface area contributed by atoms with Crippen LogP contribution in [-0.2, 0) is 6.42 Å². The fourth-order valence-corrected chi connectivity index (χ4v) is 3.45. The van der Waals surface area contributed by atoms with Crippen LogP contribution in [0.2, 0.25) is 0 Å². The topological polar surface area (TPSA) is 89.2 Å². The van der Waals surface area contributed by atoms with Crippen molar-refractivity contribution in [3.8, 4) is 0 Å². The molecule has 0 bridgehead atoms. The first-order chi connectivity index (χ1) is 11.5. The number of hydrogen-bond acceptors (Lipinski definition) is 3. The van der Waals surface area contributed by atoms with Crippen molar-refractivity contribution in [1.82, 2.24) is 0 Å². The first-order valence-electron chi connectivity index (χ1n) is 7.79. The Balaban J connectivity index is 2.28. The highest BCUT2D eigenvalue weighted by Gasteiger charge is 2.37. The molecule has 0 heterocycles. The normalized spacial score (nSPS) is 21.7. The zero-order chi connectivity index (χ0) is 17.3. The van der Waals surface area contributed by atoms with Crippen molar-refractivity contribution in [2.24, 2.45) is 5.11 Å². The molecule has 2 aromatic rings. The van der Waals surface area contributed by atoms with E-state index in [2.05, 4.69) is 10.0 Å². The van der Waals surface area contributed by atoms with Gasteiger partial charge in [0.25, 0.3) is 0 Å². The molecule has 24 heavy (non-hydrogen) atoms. The molecule has 0 radical (unpaired) electrons. The summed E-state index contributed by atoms with van der Waals surface area (Å²) in [6, 6.07) is 11.1. The van der Waals surface area contributed by atoms with E-state index in [4.69, 9.17) is 5.53 Å². The average Bonchev–Trinajstić information content (AvgIpc) is 2.69. The van der Waals surface area contributed by atoms with Gasteiger partial charge in [0, 0.05) is 10.8 Å². The van der Waals surface area contributed by atoms with Gasteiger partial charge in [-0.1, -0.05) is 35.4 Å². The van der Waals surface area contributed by atoms with Gasteiger partial charge in [-0.2, -0.15) is 0 Å². The largest absolute Gasteiger partial charge is 0.391 e. The van der Waals surface area contributed by atoms with E-state index in [1.165, 1.54) is 19.1 Å². The zero-order valence-electron chi connectivity index (χ0n) is 13.2. The molecule has 2 aromatic carbocycles. The van der Waals surface area contributed by atoms with Crippen LogP contribution in [-0.4, -0.2) is 22.4 Å². The number of azide groups is 1. The molecule has 1 aliphatic carbocycles. The molecule has 0 amide bonds. The van der Waals surface area contributed by atoms with E-state index in [0.717, 1.165) is 16.7 Å². The van der Waals surface area contributed by atoms with Gasteiger partial charge in [-0.05, 0) is 53.3 Å². The second kappa shape index (κ2) is 6.61. The van der Waals surface area contributed by atoms with Crippen LogP contribution in [0.4, 0.5) is 4.39 Å². The van der Waals surface area contributed by atoms with E-state index in [1.54, 1.807) is 6.07 Å². The van der Waals surface area contributed by atoms with Crippen molar-refractivity contribution in [2.75, 3.05) is 0 Å². The molecule has 2 N–H and O–H groups in total. The Morgan fingerprint density at radius 3 is 2.58 bits per heavy atom. The minimum atomic E-state index is -1.14. The van der Waals surface area contributed by atoms with E-state index in [0.29, 0.717) is 12.0 Å². The zero-order valence-corrected chi connectivity index (χ0v) is 13.2. The third-order valence-electron chi connectivity index (χ3n) is 4.60. The Hall–Kier alpha value is -2.40. The Labute approximate surface area is 139 Å². The van der Waals surface area contributed by atoms with Gasteiger partial charge in [-0.15, -0.1) is 0 Å². The fourth-order valence-electron chi connectivity index (χ4n) is 3.45. The third-order valence-corrected chi connectivity index (χ3v) is 4.60. The third kappa shape index (κ3) is 2.87. The summed E-state index contributed by atoms with van der Waals surface area (Å²) in [7, 11) is 0. The standard InChI is InChI=1S/C18H18FN3O2/c1-10(23)18(24)16-14-5-3-2-4-11(14)8-12-6-7-13(19)9-15(12)17(16)21-22-20/h2-7,9-10,16-18,23-24H,8H2,1H3/t10?,16-,17-,18?/m1/s1. The van der Waals surface area contributed by atoms with Crippen LogP contribution in [0.1, 0.15) is 41.1 Å². The molecular formula is C18H18FN3O2. The molecule has 0 fully saturated rings. The molecular weight excluding hydrogens is 309 g/mol. The van der Waals surface area contributed by atoms with Gasteiger partial charge in [0.05, 0.1) is 18.2 Å². The summed E-state index contributed by atoms with van der Waals surface area (Å²) >= 11 is 0. The molecule has 0 aromatic heterocycles. The Morgan fingerprint density at radius 2 is 1.88 bits per heavy atom. The highest BCUT2D eigenvalue weighted by molar-refractivity contribution is 5.45. The molecule has 5 nitrogen and oxygen atoms in total. The fraction of sp³-hybridized carbons (Fsp3) is 0.333. The van der Waals surface area contributed by atoms with Crippen LogP contribution < -0.4 is 0 Å². The van der Waals surface area contributed by atoms with Gasteiger partial charge >= 0.3 is 0 Å². The molecule has 0 aliphatic heterocycles. The molecule has 124 valence electrons. The highest BCUT2D eigenvalue weighted by atomic mass is 19.1. The molecule has 4 atom stereocenters. The van der Waals surface area contributed by atoms with Crippen LogP contribution in [0.5, 0.6) is 0 Å². The Kier molecular flexibility index (Phi) is 4.53. The summed E-state index contributed by atoms with van der Waals surface area (Å²) in [4.78, 5) is 2.90. The van der Waals surface area contributed by atoms with Crippen LogP contribution in [0.15, 0.2) is 47.6 Å². The van der Waals surface area contributed by atoms with Crippen molar-refractivity contribution in [3.63, 3.8) is 0 Å². The number of rotatable bonds is 3. The van der Waals surface area contributed by atoms with E-state index in [9.17, 15) is 14.6 Å². The Bertz CT molecular complexity index is 803. The minimum Gasteiger partial charge on any atom is -0.391 e. The van der Waals surface area contributed by atoms with Gasteiger partial charge in [-0.25, -0.2) is 4.39 Å². The summed E-state index contributed by atoms with van der Waals surface area (Å²) < 4.78 is 13.8. The maximum Gasteiger partial charge on any atom is 0.123 e. The van der Waals surface area contributed by atoms with E-state index in [-0.39, 0.29) is 0 Å². The number of aliphatic hydroxyl groups is 2. The first-order valence-corrected chi connectivity index (χ1v) is 7.79. The minimum absolute atomic E-state index is 0.428. The maximum absolute atomic E-state index is 13.8. The molecule has 0 saturated heterocycles. The highest BCUT2D eigenvalue weighted by Crippen LogP contribution is 2.44. The second-order valence-corrected chi connectivity index (χ2v) is 6.13. The average molecular weight is 327 g/mol. The monoisotopic (exact) mass is 327 g/mol. The summed E-state index contributed by atoms with van der Waals surface area (Å²) in [6.45, 7) is 1.48. The molecule has 6 heteroatoms. The van der Waals surface area contributed by atoms with Gasteiger partial charge < -0.3 is 10.2 Å². The predicted molar refractivity (Wildman–Crippen MR) is 88.0 cm³/mol. The van der Waals surface area contributed by atoms with Crippen molar-refractivity contribution < 1.29 is 14.6 Å². The summed E-state index contributed by atoms with van der Waals surface area (Å²) in [5.74, 6) is -1.08. The first kappa shape index (κ1) is 16.5. The van der Waals surface area contributed by atoms with Crippen molar-refractivity contribution in [2.45, 2.75) is 37.5 Å². The lowest BCUT2D eigenvalue weighted by molar-refractivity contribution is 0.00783. The lowest BCUT2D eigenvalue weighted by atomic mass is 9.81. The summed E-state index contributed by atoms with van der Waals surface area (Å²) in [5, 5.41) is 24.4. The van der Waals surface area contributed by atoms with Crippen molar-refractivity contribution in [1.29, 1.82) is 0 Å². The lowest BCUT2D eigenvalue weighted by Gasteiger charge is -2.30. The summed E-state index contributed by atoms with van der Waals surface area (Å²) in [5.41, 5.74) is 12.2. The van der Waals surface area contributed by atoms with Gasteiger partial charge in [0.2, 0.25) is 0 Å². The number of halogens is 1. The SMILES string of the molecule is CC(O)C(O)[C@@H]1c2ccccc2Cc2ccc(F)cc2[C@H]1N=[N+]=[N-]. The number of hydrogen-bond donors (Lipinski definition) is 2. The van der Waals surface area contributed by atoms with E-state index < -0.39 is 30.0 Å². The quantitative estimate of drug-likeness (QED) is 0.512. The lowest BCUT2D eigenvalue weighted by Crippen LogP contribution is -2.33. The van der Waals surface area contributed by atoms with Crippen LogP contribution in [0, 0.1) is 5.82 Å². The smallest absolute Gasteiger partial charge is 0.123 e. The van der Waals surface area contributed by atoms with Gasteiger partial charge in [0.15, 0.2) is 0 Å². The number of benzene rings is 2. The number of fused-ring (bicyclic) bond motifs is 2. The molecule has 1 aliphatic rings. The molecule has 0 spiro atoms. The summed E-state index contributed by atoms with van der Waals surface area (Å²) in [6.07, 6.45) is -1.61. The molecule has 3 rings (SSSR count). The Morgan fingerprint density at radius 1 is 1.17 bits per heavy atom. The van der Waals surface area contributed by atoms with Crippen LogP contribution >= 0.6 is 0 Å². The number of aliphatic hydroxyl groups excluding tert-OH is 2. The van der Waals surface area contributed by atoms with Crippen molar-refractivity contribution in [3.05, 3.63) is 81.0 Å². The van der Waals surface area contributed by atoms with Crippen LogP contribution in [0.25, 0.3) is 10.4 Å². The van der Waals surface area contributed by atoms with E-state index in [1.807, 2.05) is 24.3 Å². The molecule has 2 unspecified atom stereocenters. The van der Waals surface area contributed by atoms with Crippen molar-refractivity contribution >= 4 is 0 Å². The number of nitrogens with zero attached hydrogens (tertiary/aromatic N) is 3. The maximum atomic E-state index is 13.8. The van der Waals surface area contributed by atoms with Crippen LogP contribution in [0.3, 0.4) is 0 Å². The van der Waals surface area contributed by atoms with Gasteiger partial charge in [-0.3, -0.25) is 0 Å².